The van der Waals surface area contributed by atoms with E-state index < -0.39 is 5.82 Å². The number of carbonyl (C=O) groups is 1. The highest BCUT2D eigenvalue weighted by Crippen LogP contribution is 2.17. The molecule has 5 heteroatoms. The number of urea groups is 1. The molecule has 1 heterocycles. The number of halogens is 1. The topological polar surface area (TPSA) is 52.6 Å². The number of nitrogens with zero attached hydrogens (tertiary/aromatic N) is 1. The van der Waals surface area contributed by atoms with E-state index in [1.165, 1.54) is 12.1 Å². The van der Waals surface area contributed by atoms with Gasteiger partial charge in [0.1, 0.15) is 12.4 Å². The van der Waals surface area contributed by atoms with Gasteiger partial charge < -0.3 is 15.3 Å². The molecule has 0 spiro atoms. The Morgan fingerprint density at radius 2 is 2.00 bits per heavy atom. The van der Waals surface area contributed by atoms with Crippen LogP contribution in [0.4, 0.5) is 14.9 Å². The van der Waals surface area contributed by atoms with Gasteiger partial charge in [0.2, 0.25) is 0 Å². The summed E-state index contributed by atoms with van der Waals surface area (Å²) in [5.74, 6) is 4.55. The fourth-order valence-corrected chi connectivity index (χ4v) is 2.30. The fraction of sp³-hybridized carbons (Fsp3) is 0.438. The molecule has 1 fully saturated rings. The molecule has 21 heavy (non-hydrogen) atoms. The summed E-state index contributed by atoms with van der Waals surface area (Å²) in [6, 6.07) is 4.10. The van der Waals surface area contributed by atoms with Crippen molar-refractivity contribution in [2.24, 2.45) is 0 Å². The van der Waals surface area contributed by atoms with E-state index in [-0.39, 0.29) is 18.3 Å². The van der Waals surface area contributed by atoms with Crippen LogP contribution in [0, 0.1) is 17.7 Å². The van der Waals surface area contributed by atoms with Crippen LogP contribution in [0.15, 0.2) is 18.2 Å². The van der Waals surface area contributed by atoms with Gasteiger partial charge in [0.15, 0.2) is 0 Å². The molecule has 0 atom stereocenters. The van der Waals surface area contributed by atoms with Gasteiger partial charge in [-0.05, 0) is 31.0 Å². The number of anilines is 1. The van der Waals surface area contributed by atoms with E-state index in [9.17, 15) is 9.18 Å². The van der Waals surface area contributed by atoms with E-state index in [0.717, 1.165) is 25.7 Å². The van der Waals surface area contributed by atoms with E-state index in [4.69, 9.17) is 5.11 Å². The SMILES string of the molecule is O=C(Nc1ccc(C#CCO)cc1F)N1CCCCCC1. The summed E-state index contributed by atoms with van der Waals surface area (Å²) in [4.78, 5) is 13.8. The smallest absolute Gasteiger partial charge is 0.321 e. The van der Waals surface area contributed by atoms with E-state index in [2.05, 4.69) is 17.2 Å². The van der Waals surface area contributed by atoms with Crippen molar-refractivity contribution in [3.63, 3.8) is 0 Å². The number of nitrogens with one attached hydrogen (secondary N) is 1. The third-order valence-corrected chi connectivity index (χ3v) is 3.42. The highest BCUT2D eigenvalue weighted by Gasteiger charge is 2.16. The van der Waals surface area contributed by atoms with E-state index in [1.807, 2.05) is 0 Å². The summed E-state index contributed by atoms with van der Waals surface area (Å²) in [6.07, 6.45) is 4.25. The molecule has 1 aliphatic heterocycles. The number of carbonyl (C=O) groups excluding carboxylic acids is 1. The van der Waals surface area contributed by atoms with Gasteiger partial charge in [-0.3, -0.25) is 0 Å². The van der Waals surface area contributed by atoms with Crippen LogP contribution in [-0.2, 0) is 0 Å². The molecule has 0 aliphatic carbocycles. The molecule has 1 saturated heterocycles. The van der Waals surface area contributed by atoms with Crippen LogP contribution in [0.5, 0.6) is 0 Å². The first-order valence-corrected chi connectivity index (χ1v) is 7.16. The average molecular weight is 290 g/mol. The van der Waals surface area contributed by atoms with Crippen molar-refractivity contribution in [2.75, 3.05) is 25.0 Å². The number of rotatable bonds is 1. The van der Waals surface area contributed by atoms with Crippen LogP contribution in [-0.4, -0.2) is 35.7 Å². The van der Waals surface area contributed by atoms with Crippen LogP contribution >= 0.6 is 0 Å². The maximum Gasteiger partial charge on any atom is 0.321 e. The van der Waals surface area contributed by atoms with Crippen LogP contribution in [0.2, 0.25) is 0 Å². The van der Waals surface area contributed by atoms with Gasteiger partial charge in [0, 0.05) is 18.7 Å². The lowest BCUT2D eigenvalue weighted by Crippen LogP contribution is -2.35. The predicted octanol–water partition coefficient (Wildman–Crippen LogP) is 2.58. The van der Waals surface area contributed by atoms with Gasteiger partial charge in [-0.1, -0.05) is 24.7 Å². The zero-order valence-corrected chi connectivity index (χ0v) is 11.9. The molecular weight excluding hydrogens is 271 g/mol. The lowest BCUT2D eigenvalue weighted by atomic mass is 10.2. The number of aliphatic hydroxyl groups is 1. The van der Waals surface area contributed by atoms with Gasteiger partial charge in [-0.2, -0.15) is 0 Å². The molecule has 112 valence electrons. The highest BCUT2D eigenvalue weighted by atomic mass is 19.1. The molecule has 1 aliphatic rings. The van der Waals surface area contributed by atoms with Crippen molar-refractivity contribution in [1.29, 1.82) is 0 Å². The van der Waals surface area contributed by atoms with Gasteiger partial charge in [-0.15, -0.1) is 0 Å². The Kier molecular flexibility index (Phi) is 5.59. The molecule has 0 aromatic heterocycles. The molecular formula is C16H19FN2O2. The molecule has 0 radical (unpaired) electrons. The minimum atomic E-state index is -0.525. The second-order valence-electron chi connectivity index (χ2n) is 4.99. The quantitative estimate of drug-likeness (QED) is 0.781. The van der Waals surface area contributed by atoms with E-state index >= 15 is 0 Å². The molecule has 4 nitrogen and oxygen atoms in total. The maximum absolute atomic E-state index is 13.9. The van der Waals surface area contributed by atoms with Crippen LogP contribution in [0.3, 0.4) is 0 Å². The Balaban J connectivity index is 2.03. The summed E-state index contributed by atoms with van der Waals surface area (Å²) in [6.45, 7) is 1.16. The summed E-state index contributed by atoms with van der Waals surface area (Å²) >= 11 is 0. The standard InChI is InChI=1S/C16H19FN2O2/c17-14-12-13(6-5-11-20)7-8-15(14)18-16(21)19-9-3-1-2-4-10-19/h7-8,12,20H,1-4,9-11H2,(H,18,21). The lowest BCUT2D eigenvalue weighted by molar-refractivity contribution is 0.213. The van der Waals surface area contributed by atoms with Crippen molar-refractivity contribution in [3.8, 4) is 11.8 Å². The summed E-state index contributed by atoms with van der Waals surface area (Å²) in [5, 5.41) is 11.2. The minimum Gasteiger partial charge on any atom is -0.384 e. The van der Waals surface area contributed by atoms with Crippen LogP contribution in [0.1, 0.15) is 31.2 Å². The lowest BCUT2D eigenvalue weighted by Gasteiger charge is -2.21. The molecule has 1 aromatic carbocycles. The molecule has 2 N–H and O–H groups in total. The molecule has 1 aromatic rings. The molecule has 2 amide bonds. The van der Waals surface area contributed by atoms with Gasteiger partial charge in [-0.25, -0.2) is 9.18 Å². The van der Waals surface area contributed by atoms with Crippen molar-refractivity contribution < 1.29 is 14.3 Å². The third-order valence-electron chi connectivity index (χ3n) is 3.42. The van der Waals surface area contributed by atoms with Crippen molar-refractivity contribution in [2.45, 2.75) is 25.7 Å². The number of benzene rings is 1. The molecule has 2 rings (SSSR count). The fourth-order valence-electron chi connectivity index (χ4n) is 2.30. The van der Waals surface area contributed by atoms with Gasteiger partial charge >= 0.3 is 6.03 Å². The van der Waals surface area contributed by atoms with Crippen molar-refractivity contribution >= 4 is 11.7 Å². The Morgan fingerprint density at radius 1 is 1.29 bits per heavy atom. The second-order valence-corrected chi connectivity index (χ2v) is 4.99. The minimum absolute atomic E-state index is 0.152. The van der Waals surface area contributed by atoms with E-state index in [0.29, 0.717) is 18.7 Å². The normalized spacial score (nSPS) is 14.9. The third kappa shape index (κ3) is 4.47. The number of hydrogen-bond acceptors (Lipinski definition) is 2. The number of hydrogen-bond donors (Lipinski definition) is 2. The average Bonchev–Trinajstić information content (AvgIpc) is 2.76. The Hall–Kier alpha value is -2.06. The monoisotopic (exact) mass is 290 g/mol. The van der Waals surface area contributed by atoms with Crippen molar-refractivity contribution in [3.05, 3.63) is 29.6 Å². The van der Waals surface area contributed by atoms with Gasteiger partial charge in [0.25, 0.3) is 0 Å². The number of amides is 2. The molecule has 0 unspecified atom stereocenters. The van der Waals surface area contributed by atoms with Crippen molar-refractivity contribution in [1.82, 2.24) is 4.90 Å². The maximum atomic E-state index is 13.9. The predicted molar refractivity (Wildman–Crippen MR) is 79.4 cm³/mol. The Bertz CT molecular complexity index is 555. The largest absolute Gasteiger partial charge is 0.384 e. The zero-order valence-electron chi connectivity index (χ0n) is 11.9. The first-order valence-electron chi connectivity index (χ1n) is 7.16. The second kappa shape index (κ2) is 7.65. The first kappa shape index (κ1) is 15.3. The van der Waals surface area contributed by atoms with Crippen LogP contribution in [0.25, 0.3) is 0 Å². The summed E-state index contributed by atoms with van der Waals surface area (Å²) in [5.41, 5.74) is 0.619. The van der Waals surface area contributed by atoms with Gasteiger partial charge in [0.05, 0.1) is 5.69 Å². The Labute approximate surface area is 124 Å². The highest BCUT2D eigenvalue weighted by molar-refractivity contribution is 5.89. The molecule has 0 bridgehead atoms. The molecule has 0 saturated carbocycles. The number of likely N-dealkylation sites (tertiary alicyclic amines) is 1. The number of aliphatic hydroxyl groups excluding tert-OH is 1. The summed E-state index contributed by atoms with van der Waals surface area (Å²) in [7, 11) is 0. The van der Waals surface area contributed by atoms with Crippen LogP contribution < -0.4 is 5.32 Å². The Morgan fingerprint density at radius 3 is 2.62 bits per heavy atom. The summed E-state index contributed by atoms with van der Waals surface area (Å²) < 4.78 is 13.9. The zero-order chi connectivity index (χ0) is 15.1. The first-order chi connectivity index (χ1) is 10.2. The van der Waals surface area contributed by atoms with E-state index in [1.54, 1.807) is 11.0 Å².